The topological polar surface area (TPSA) is 45.8 Å². The number of aromatic amines is 1. The molecule has 0 spiro atoms. The Morgan fingerprint density at radius 2 is 2.42 bits per heavy atom. The van der Waals surface area contributed by atoms with Crippen LogP contribution in [0.25, 0.3) is 6.08 Å². The molecule has 12 heavy (non-hydrogen) atoms. The predicted molar refractivity (Wildman–Crippen MR) is 46.9 cm³/mol. The van der Waals surface area contributed by atoms with E-state index in [9.17, 15) is 4.79 Å². The summed E-state index contributed by atoms with van der Waals surface area (Å²) in [5, 5.41) is 0. The van der Waals surface area contributed by atoms with Crippen LogP contribution in [-0.2, 0) is 6.42 Å². The smallest absolute Gasteiger partial charge is 0.258 e. The zero-order valence-corrected chi connectivity index (χ0v) is 6.92. The molecule has 0 bridgehead atoms. The molecule has 1 N–H and O–H groups in total. The molecule has 0 atom stereocenters. The van der Waals surface area contributed by atoms with E-state index >= 15 is 0 Å². The molecule has 0 saturated carbocycles. The molecular weight excluding hydrogens is 152 g/mol. The van der Waals surface area contributed by atoms with Gasteiger partial charge < -0.3 is 4.98 Å². The molecule has 1 aliphatic rings. The molecule has 0 aromatic carbocycles. The summed E-state index contributed by atoms with van der Waals surface area (Å²) in [6.45, 7) is 1.81. The van der Waals surface area contributed by atoms with Crippen molar-refractivity contribution in [1.29, 1.82) is 0 Å². The van der Waals surface area contributed by atoms with E-state index in [-0.39, 0.29) is 5.56 Å². The third-order valence-electron chi connectivity index (χ3n) is 1.98. The van der Waals surface area contributed by atoms with Gasteiger partial charge in [0, 0.05) is 0 Å². The lowest BCUT2D eigenvalue weighted by Gasteiger charge is -2.07. The molecule has 0 unspecified atom stereocenters. The van der Waals surface area contributed by atoms with Crippen LogP contribution >= 0.6 is 0 Å². The number of hydrogen-bond donors (Lipinski definition) is 1. The molecule has 1 heterocycles. The van der Waals surface area contributed by atoms with Gasteiger partial charge in [-0.3, -0.25) is 4.79 Å². The molecule has 62 valence electrons. The van der Waals surface area contributed by atoms with Gasteiger partial charge in [0.25, 0.3) is 5.56 Å². The van der Waals surface area contributed by atoms with Gasteiger partial charge in [0.15, 0.2) is 0 Å². The fourth-order valence-corrected chi connectivity index (χ4v) is 1.44. The highest BCUT2D eigenvalue weighted by Gasteiger charge is 2.09. The number of hydrogen-bond acceptors (Lipinski definition) is 2. The minimum atomic E-state index is -0.0200. The van der Waals surface area contributed by atoms with Crippen molar-refractivity contribution in [2.24, 2.45) is 0 Å². The van der Waals surface area contributed by atoms with Crippen molar-refractivity contribution in [1.82, 2.24) is 9.97 Å². The second kappa shape index (κ2) is 2.59. The van der Waals surface area contributed by atoms with Crippen molar-refractivity contribution in [3.63, 3.8) is 0 Å². The zero-order chi connectivity index (χ0) is 8.55. The number of H-pyrrole nitrogens is 1. The normalized spacial score (nSPS) is 14.4. The van der Waals surface area contributed by atoms with Gasteiger partial charge in [-0.25, -0.2) is 4.98 Å². The van der Waals surface area contributed by atoms with Crippen LogP contribution in [0.4, 0.5) is 0 Å². The first-order valence-corrected chi connectivity index (χ1v) is 4.04. The van der Waals surface area contributed by atoms with Crippen LogP contribution in [0.3, 0.4) is 0 Å². The Labute approximate surface area is 70.2 Å². The van der Waals surface area contributed by atoms with Crippen LogP contribution in [0.2, 0.25) is 0 Å². The van der Waals surface area contributed by atoms with Crippen LogP contribution in [0, 0.1) is 6.92 Å². The van der Waals surface area contributed by atoms with Crippen LogP contribution in [-0.4, -0.2) is 9.97 Å². The van der Waals surface area contributed by atoms with E-state index in [2.05, 4.69) is 9.97 Å². The first kappa shape index (κ1) is 7.28. The minimum Gasteiger partial charge on any atom is -0.310 e. The van der Waals surface area contributed by atoms with E-state index in [1.807, 2.05) is 12.2 Å². The maximum Gasteiger partial charge on any atom is 0.258 e. The van der Waals surface area contributed by atoms with E-state index in [4.69, 9.17) is 0 Å². The summed E-state index contributed by atoms with van der Waals surface area (Å²) in [6, 6.07) is 0. The molecule has 0 fully saturated rings. The lowest BCUT2D eigenvalue weighted by molar-refractivity contribution is 0.869. The summed E-state index contributed by atoms with van der Waals surface area (Å²) in [5.41, 5.74) is 1.64. The average Bonchev–Trinajstić information content (AvgIpc) is 2.04. The molecule has 1 aromatic heterocycles. The Morgan fingerprint density at radius 3 is 3.25 bits per heavy atom. The van der Waals surface area contributed by atoms with Gasteiger partial charge in [-0.15, -0.1) is 0 Å². The summed E-state index contributed by atoms with van der Waals surface area (Å²) in [7, 11) is 0. The number of nitrogens with one attached hydrogen (secondary N) is 1. The monoisotopic (exact) mass is 162 g/mol. The van der Waals surface area contributed by atoms with Crippen molar-refractivity contribution >= 4 is 6.08 Å². The van der Waals surface area contributed by atoms with Gasteiger partial charge in [0.05, 0.1) is 11.3 Å². The molecule has 1 aromatic rings. The van der Waals surface area contributed by atoms with E-state index in [0.717, 1.165) is 24.1 Å². The van der Waals surface area contributed by atoms with Crippen molar-refractivity contribution in [3.05, 3.63) is 33.5 Å². The number of allylic oxidation sites excluding steroid dienone is 1. The fourth-order valence-electron chi connectivity index (χ4n) is 1.44. The Kier molecular flexibility index (Phi) is 1.57. The first-order chi connectivity index (χ1) is 5.77. The number of aryl methyl sites for hydroxylation is 2. The van der Waals surface area contributed by atoms with Gasteiger partial charge in [-0.2, -0.15) is 0 Å². The Bertz CT molecular complexity index is 390. The molecule has 0 amide bonds. The highest BCUT2D eigenvalue weighted by Crippen LogP contribution is 2.12. The Balaban J connectivity index is 2.71. The molecule has 3 heteroatoms. The molecule has 0 aliphatic heterocycles. The number of aromatic nitrogens is 2. The van der Waals surface area contributed by atoms with Gasteiger partial charge in [0.2, 0.25) is 0 Å². The van der Waals surface area contributed by atoms with Crippen LogP contribution in [0.5, 0.6) is 0 Å². The van der Waals surface area contributed by atoms with E-state index < -0.39 is 0 Å². The lowest BCUT2D eigenvalue weighted by atomic mass is 10.0. The lowest BCUT2D eigenvalue weighted by Crippen LogP contribution is -2.17. The van der Waals surface area contributed by atoms with Gasteiger partial charge in [0.1, 0.15) is 5.82 Å². The molecule has 2 rings (SSSR count). The second-order valence-electron chi connectivity index (χ2n) is 2.95. The third-order valence-corrected chi connectivity index (χ3v) is 1.98. The standard InChI is InChI=1S/C9H10N2O/c1-6-10-8-5-3-2-4-7(8)9(12)11-6/h2,4H,3,5H2,1H3,(H,10,11,12). The third kappa shape index (κ3) is 1.07. The highest BCUT2D eigenvalue weighted by molar-refractivity contribution is 5.52. The minimum absolute atomic E-state index is 0.0200. The Morgan fingerprint density at radius 1 is 1.58 bits per heavy atom. The van der Waals surface area contributed by atoms with Crippen molar-refractivity contribution in [3.8, 4) is 0 Å². The Hall–Kier alpha value is -1.38. The maximum atomic E-state index is 11.3. The number of rotatable bonds is 0. The van der Waals surface area contributed by atoms with Crippen LogP contribution in [0.1, 0.15) is 23.5 Å². The van der Waals surface area contributed by atoms with Crippen LogP contribution < -0.4 is 5.56 Å². The van der Waals surface area contributed by atoms with Gasteiger partial charge >= 0.3 is 0 Å². The molecule has 0 radical (unpaired) electrons. The summed E-state index contributed by atoms with van der Waals surface area (Å²) < 4.78 is 0. The second-order valence-corrected chi connectivity index (χ2v) is 2.95. The summed E-state index contributed by atoms with van der Waals surface area (Å²) in [6.07, 6.45) is 5.73. The molecule has 3 nitrogen and oxygen atoms in total. The zero-order valence-electron chi connectivity index (χ0n) is 6.92. The number of nitrogens with zero attached hydrogens (tertiary/aromatic N) is 1. The SMILES string of the molecule is Cc1nc2c(c(=O)[nH]1)C=CCC2. The van der Waals surface area contributed by atoms with Crippen molar-refractivity contribution < 1.29 is 0 Å². The summed E-state index contributed by atoms with van der Waals surface area (Å²) in [4.78, 5) is 18.3. The molecule has 0 saturated heterocycles. The van der Waals surface area contributed by atoms with Crippen LogP contribution in [0.15, 0.2) is 10.9 Å². The first-order valence-electron chi connectivity index (χ1n) is 4.04. The van der Waals surface area contributed by atoms with Gasteiger partial charge in [-0.05, 0) is 19.8 Å². The summed E-state index contributed by atoms with van der Waals surface area (Å²) >= 11 is 0. The number of fused-ring (bicyclic) bond motifs is 1. The summed E-state index contributed by atoms with van der Waals surface area (Å²) in [5.74, 6) is 0.703. The van der Waals surface area contributed by atoms with Gasteiger partial charge in [-0.1, -0.05) is 12.2 Å². The van der Waals surface area contributed by atoms with E-state index in [1.165, 1.54) is 0 Å². The van der Waals surface area contributed by atoms with E-state index in [0.29, 0.717) is 5.82 Å². The highest BCUT2D eigenvalue weighted by atomic mass is 16.1. The molecule has 1 aliphatic carbocycles. The molecular formula is C9H10N2O. The van der Waals surface area contributed by atoms with E-state index in [1.54, 1.807) is 6.92 Å². The maximum absolute atomic E-state index is 11.3. The average molecular weight is 162 g/mol. The fraction of sp³-hybridized carbons (Fsp3) is 0.333. The largest absolute Gasteiger partial charge is 0.310 e. The predicted octanol–water partition coefficient (Wildman–Crippen LogP) is 1.04. The van der Waals surface area contributed by atoms with Crippen molar-refractivity contribution in [2.45, 2.75) is 19.8 Å². The van der Waals surface area contributed by atoms with Crippen molar-refractivity contribution in [2.75, 3.05) is 0 Å². The quantitative estimate of drug-likeness (QED) is 0.619.